The van der Waals surface area contributed by atoms with Gasteiger partial charge in [-0.15, -0.1) is 6.58 Å². The molecule has 1 aromatic carbocycles. The van der Waals surface area contributed by atoms with Crippen LogP contribution in [0.25, 0.3) is 0 Å². The number of rotatable bonds is 6. The van der Waals surface area contributed by atoms with Gasteiger partial charge in [-0.2, -0.15) is 0 Å². The molecule has 5 heteroatoms. The SMILES string of the molecule is C=CCN(C(=O)N(C)Cc1ccc(C(=O)O)cc1)C1CC1. The zero-order chi connectivity index (χ0) is 15.4. The molecule has 0 spiro atoms. The summed E-state index contributed by atoms with van der Waals surface area (Å²) >= 11 is 0. The fourth-order valence-corrected chi connectivity index (χ4v) is 2.22. The fourth-order valence-electron chi connectivity index (χ4n) is 2.22. The van der Waals surface area contributed by atoms with Crippen molar-refractivity contribution in [2.24, 2.45) is 0 Å². The van der Waals surface area contributed by atoms with E-state index in [1.54, 1.807) is 42.3 Å². The standard InChI is InChI=1S/C16H20N2O3/c1-3-10-18(14-8-9-14)16(21)17(2)11-12-4-6-13(7-5-12)15(19)20/h3-7,14H,1,8-11H2,2H3,(H,19,20). The molecule has 1 saturated carbocycles. The predicted octanol–water partition coefficient (Wildman–Crippen LogP) is 2.59. The Morgan fingerprint density at radius 3 is 2.43 bits per heavy atom. The Morgan fingerprint density at radius 1 is 1.33 bits per heavy atom. The molecular weight excluding hydrogens is 268 g/mol. The lowest BCUT2D eigenvalue weighted by molar-refractivity contribution is 0.0696. The average molecular weight is 288 g/mol. The Morgan fingerprint density at radius 2 is 1.95 bits per heavy atom. The Kier molecular flexibility index (Phi) is 4.62. The minimum absolute atomic E-state index is 0.0142. The van der Waals surface area contributed by atoms with E-state index in [2.05, 4.69) is 6.58 Å². The first-order valence-corrected chi connectivity index (χ1v) is 6.97. The Bertz CT molecular complexity index is 535. The van der Waals surface area contributed by atoms with Gasteiger partial charge >= 0.3 is 12.0 Å². The summed E-state index contributed by atoms with van der Waals surface area (Å²) in [5.41, 5.74) is 1.16. The van der Waals surface area contributed by atoms with Gasteiger partial charge in [-0.25, -0.2) is 9.59 Å². The van der Waals surface area contributed by atoms with Crippen molar-refractivity contribution in [2.75, 3.05) is 13.6 Å². The van der Waals surface area contributed by atoms with Crippen molar-refractivity contribution in [1.82, 2.24) is 9.80 Å². The van der Waals surface area contributed by atoms with Gasteiger partial charge in [0.2, 0.25) is 0 Å². The van der Waals surface area contributed by atoms with Crippen molar-refractivity contribution in [3.05, 3.63) is 48.0 Å². The zero-order valence-electron chi connectivity index (χ0n) is 12.2. The third kappa shape index (κ3) is 3.84. The molecule has 0 heterocycles. The van der Waals surface area contributed by atoms with Crippen molar-refractivity contribution >= 4 is 12.0 Å². The average Bonchev–Trinajstić information content (AvgIpc) is 3.29. The lowest BCUT2D eigenvalue weighted by atomic mass is 10.1. The maximum Gasteiger partial charge on any atom is 0.335 e. The third-order valence-corrected chi connectivity index (χ3v) is 3.51. The first kappa shape index (κ1) is 15.1. The van der Waals surface area contributed by atoms with E-state index in [-0.39, 0.29) is 11.6 Å². The zero-order valence-corrected chi connectivity index (χ0v) is 12.2. The smallest absolute Gasteiger partial charge is 0.335 e. The molecule has 1 fully saturated rings. The van der Waals surface area contributed by atoms with Crippen LogP contribution in [0.4, 0.5) is 4.79 Å². The maximum absolute atomic E-state index is 12.4. The lowest BCUT2D eigenvalue weighted by Crippen LogP contribution is -2.42. The van der Waals surface area contributed by atoms with Crippen LogP contribution < -0.4 is 0 Å². The second-order valence-corrected chi connectivity index (χ2v) is 5.31. The van der Waals surface area contributed by atoms with Gasteiger partial charge in [0.05, 0.1) is 5.56 Å². The summed E-state index contributed by atoms with van der Waals surface area (Å²) in [6.07, 6.45) is 3.85. The number of carbonyl (C=O) groups is 2. The van der Waals surface area contributed by atoms with Crippen molar-refractivity contribution in [1.29, 1.82) is 0 Å². The van der Waals surface area contributed by atoms with Crippen LogP contribution in [0.3, 0.4) is 0 Å². The van der Waals surface area contributed by atoms with Crippen LogP contribution in [0.2, 0.25) is 0 Å². The third-order valence-electron chi connectivity index (χ3n) is 3.51. The molecule has 5 nitrogen and oxygen atoms in total. The number of aromatic carboxylic acids is 1. The number of hydrogen-bond donors (Lipinski definition) is 1. The molecule has 0 unspecified atom stereocenters. The molecule has 1 aliphatic carbocycles. The van der Waals surface area contributed by atoms with E-state index in [0.29, 0.717) is 19.1 Å². The number of amides is 2. The second-order valence-electron chi connectivity index (χ2n) is 5.31. The van der Waals surface area contributed by atoms with E-state index in [1.165, 1.54) is 0 Å². The van der Waals surface area contributed by atoms with Gasteiger partial charge in [0, 0.05) is 26.2 Å². The topological polar surface area (TPSA) is 60.9 Å². The summed E-state index contributed by atoms with van der Waals surface area (Å²) in [4.78, 5) is 26.7. The lowest BCUT2D eigenvalue weighted by Gasteiger charge is -2.27. The highest BCUT2D eigenvalue weighted by Gasteiger charge is 2.33. The number of carboxylic acid groups (broad SMARTS) is 1. The van der Waals surface area contributed by atoms with Gasteiger partial charge in [0.15, 0.2) is 0 Å². The van der Waals surface area contributed by atoms with Crippen LogP contribution in [0.1, 0.15) is 28.8 Å². The minimum Gasteiger partial charge on any atom is -0.478 e. The number of benzene rings is 1. The molecule has 0 aliphatic heterocycles. The molecular formula is C16H20N2O3. The summed E-state index contributed by atoms with van der Waals surface area (Å²) in [5, 5.41) is 8.87. The van der Waals surface area contributed by atoms with Gasteiger partial charge in [0.1, 0.15) is 0 Å². The molecule has 2 amide bonds. The highest BCUT2D eigenvalue weighted by atomic mass is 16.4. The van der Waals surface area contributed by atoms with Crippen LogP contribution in [0.15, 0.2) is 36.9 Å². The van der Waals surface area contributed by atoms with Gasteiger partial charge in [-0.1, -0.05) is 18.2 Å². The van der Waals surface area contributed by atoms with Crippen molar-refractivity contribution in [2.45, 2.75) is 25.4 Å². The minimum atomic E-state index is -0.947. The van der Waals surface area contributed by atoms with Gasteiger partial charge in [-0.05, 0) is 30.5 Å². The second kappa shape index (κ2) is 6.43. The van der Waals surface area contributed by atoms with Gasteiger partial charge in [-0.3, -0.25) is 0 Å². The van der Waals surface area contributed by atoms with Crippen molar-refractivity contribution < 1.29 is 14.7 Å². The summed E-state index contributed by atoms with van der Waals surface area (Å²) in [6.45, 7) is 4.71. The molecule has 2 rings (SSSR count). The number of carboxylic acids is 1. The van der Waals surface area contributed by atoms with Crippen LogP contribution in [-0.2, 0) is 6.54 Å². The summed E-state index contributed by atoms with van der Waals surface area (Å²) in [7, 11) is 1.76. The summed E-state index contributed by atoms with van der Waals surface area (Å²) in [5.74, 6) is -0.947. The first-order valence-electron chi connectivity index (χ1n) is 6.97. The van der Waals surface area contributed by atoms with Gasteiger partial charge in [0.25, 0.3) is 0 Å². The monoisotopic (exact) mass is 288 g/mol. The Balaban J connectivity index is 1.99. The van der Waals surface area contributed by atoms with E-state index < -0.39 is 5.97 Å². The van der Waals surface area contributed by atoms with Crippen LogP contribution >= 0.6 is 0 Å². The quantitative estimate of drug-likeness (QED) is 0.818. The van der Waals surface area contributed by atoms with E-state index in [4.69, 9.17) is 5.11 Å². The van der Waals surface area contributed by atoms with E-state index in [0.717, 1.165) is 18.4 Å². The fraction of sp³-hybridized carbons (Fsp3) is 0.375. The van der Waals surface area contributed by atoms with Crippen molar-refractivity contribution in [3.8, 4) is 0 Å². The Labute approximate surface area is 124 Å². The molecule has 1 aliphatic rings. The molecule has 0 saturated heterocycles. The first-order chi connectivity index (χ1) is 10.0. The van der Waals surface area contributed by atoms with E-state index in [1.807, 2.05) is 4.90 Å². The largest absolute Gasteiger partial charge is 0.478 e. The molecule has 0 aromatic heterocycles. The maximum atomic E-state index is 12.4. The molecule has 0 bridgehead atoms. The molecule has 1 aromatic rings. The van der Waals surface area contributed by atoms with Crippen molar-refractivity contribution in [3.63, 3.8) is 0 Å². The number of carbonyl (C=O) groups excluding carboxylic acids is 1. The number of hydrogen-bond acceptors (Lipinski definition) is 2. The van der Waals surface area contributed by atoms with E-state index in [9.17, 15) is 9.59 Å². The molecule has 112 valence electrons. The highest BCUT2D eigenvalue weighted by molar-refractivity contribution is 5.87. The van der Waals surface area contributed by atoms with Crippen LogP contribution in [0.5, 0.6) is 0 Å². The predicted molar refractivity (Wildman–Crippen MR) is 80.2 cm³/mol. The molecule has 1 N–H and O–H groups in total. The van der Waals surface area contributed by atoms with Gasteiger partial charge < -0.3 is 14.9 Å². The summed E-state index contributed by atoms with van der Waals surface area (Å²) in [6, 6.07) is 6.91. The van der Waals surface area contributed by atoms with Crippen LogP contribution in [0, 0.1) is 0 Å². The highest BCUT2D eigenvalue weighted by Crippen LogP contribution is 2.27. The number of urea groups is 1. The molecule has 0 radical (unpaired) electrons. The van der Waals surface area contributed by atoms with Crippen LogP contribution in [-0.4, -0.2) is 46.5 Å². The molecule has 21 heavy (non-hydrogen) atoms. The van der Waals surface area contributed by atoms with E-state index >= 15 is 0 Å². The normalized spacial score (nSPS) is 13.6. The summed E-state index contributed by atoms with van der Waals surface area (Å²) < 4.78 is 0. The molecule has 0 atom stereocenters. The Hall–Kier alpha value is -2.30. The number of nitrogens with zero attached hydrogens (tertiary/aromatic N) is 2.